The number of rotatable bonds is 6. The summed E-state index contributed by atoms with van der Waals surface area (Å²) in [6.45, 7) is 5.21. The van der Waals surface area contributed by atoms with Gasteiger partial charge in [-0.1, -0.05) is 6.92 Å². The van der Waals surface area contributed by atoms with Crippen molar-refractivity contribution >= 4 is 17.1 Å². The number of anilines is 2. The van der Waals surface area contributed by atoms with Gasteiger partial charge in [-0.3, -0.25) is 15.0 Å². The molecule has 2 rings (SSSR count). The second-order valence-corrected chi connectivity index (χ2v) is 5.08. The first-order valence-electron chi connectivity index (χ1n) is 7.09. The molecule has 1 aromatic rings. The van der Waals surface area contributed by atoms with Gasteiger partial charge in [0.1, 0.15) is 0 Å². The molecule has 0 saturated carbocycles. The zero-order valence-corrected chi connectivity index (χ0v) is 12.1. The fraction of sp³-hybridized carbons (Fsp3) is 0.571. The van der Waals surface area contributed by atoms with E-state index in [1.807, 2.05) is 6.07 Å². The van der Waals surface area contributed by atoms with Gasteiger partial charge in [-0.05, 0) is 32.0 Å². The third-order valence-corrected chi connectivity index (χ3v) is 3.86. The van der Waals surface area contributed by atoms with Gasteiger partial charge in [0.25, 0.3) is 5.69 Å². The number of non-ortho nitro benzene ring substituents is 1. The second kappa shape index (κ2) is 6.56. The van der Waals surface area contributed by atoms with Crippen molar-refractivity contribution in [3.05, 3.63) is 28.3 Å². The van der Waals surface area contributed by atoms with E-state index in [1.54, 1.807) is 19.2 Å². The summed E-state index contributed by atoms with van der Waals surface area (Å²) >= 11 is 0. The first kappa shape index (κ1) is 14.6. The minimum absolute atomic E-state index is 0.109. The predicted molar refractivity (Wildman–Crippen MR) is 81.4 cm³/mol. The average Bonchev–Trinajstić information content (AvgIpc) is 2.92. The molecule has 2 N–H and O–H groups in total. The number of hydrogen-bond donors (Lipinski definition) is 2. The Morgan fingerprint density at radius 1 is 1.40 bits per heavy atom. The van der Waals surface area contributed by atoms with Crippen LogP contribution in [0.15, 0.2) is 18.2 Å². The summed E-state index contributed by atoms with van der Waals surface area (Å²) < 4.78 is 0. The van der Waals surface area contributed by atoms with E-state index in [2.05, 4.69) is 22.5 Å². The van der Waals surface area contributed by atoms with Crippen molar-refractivity contribution in [3.63, 3.8) is 0 Å². The fourth-order valence-corrected chi connectivity index (χ4v) is 2.74. The molecule has 0 radical (unpaired) electrons. The standard InChI is InChI=1S/C14H22N4O2/c1-3-17-6-4-5-13(17)10-16-12-7-11(15-2)8-14(9-12)18(19)20/h7-9,13,15-16H,3-6,10H2,1-2H3. The van der Waals surface area contributed by atoms with Crippen molar-refractivity contribution in [2.24, 2.45) is 0 Å². The summed E-state index contributed by atoms with van der Waals surface area (Å²) in [5.74, 6) is 0. The molecule has 20 heavy (non-hydrogen) atoms. The van der Waals surface area contributed by atoms with Crippen LogP contribution in [0.4, 0.5) is 17.1 Å². The Kier molecular flexibility index (Phi) is 4.79. The van der Waals surface area contributed by atoms with Crippen molar-refractivity contribution in [1.82, 2.24) is 4.90 Å². The molecule has 1 atom stereocenters. The van der Waals surface area contributed by atoms with Gasteiger partial charge in [0.2, 0.25) is 0 Å². The summed E-state index contributed by atoms with van der Waals surface area (Å²) in [5.41, 5.74) is 1.66. The number of nitro groups is 1. The fourth-order valence-electron chi connectivity index (χ4n) is 2.74. The molecule has 1 saturated heterocycles. The molecule has 1 aromatic carbocycles. The van der Waals surface area contributed by atoms with Gasteiger partial charge in [-0.15, -0.1) is 0 Å². The zero-order chi connectivity index (χ0) is 14.5. The molecule has 1 aliphatic heterocycles. The van der Waals surface area contributed by atoms with Gasteiger partial charge in [0.15, 0.2) is 0 Å². The van der Waals surface area contributed by atoms with Crippen LogP contribution in [0.1, 0.15) is 19.8 Å². The minimum atomic E-state index is -0.361. The van der Waals surface area contributed by atoms with Crippen LogP contribution in [-0.4, -0.2) is 42.5 Å². The third kappa shape index (κ3) is 3.39. The van der Waals surface area contributed by atoms with Crippen LogP contribution in [0.5, 0.6) is 0 Å². The molecule has 0 aromatic heterocycles. The van der Waals surface area contributed by atoms with E-state index >= 15 is 0 Å². The zero-order valence-electron chi connectivity index (χ0n) is 12.1. The van der Waals surface area contributed by atoms with E-state index < -0.39 is 0 Å². The maximum absolute atomic E-state index is 10.9. The number of likely N-dealkylation sites (tertiary alicyclic amines) is 1. The summed E-state index contributed by atoms with van der Waals surface area (Å²) in [4.78, 5) is 13.0. The minimum Gasteiger partial charge on any atom is -0.388 e. The lowest BCUT2D eigenvalue weighted by atomic mass is 10.2. The van der Waals surface area contributed by atoms with Crippen LogP contribution in [0.3, 0.4) is 0 Å². The molecule has 0 bridgehead atoms. The lowest BCUT2D eigenvalue weighted by molar-refractivity contribution is -0.384. The summed E-state index contributed by atoms with van der Waals surface area (Å²) in [5, 5.41) is 17.2. The van der Waals surface area contributed by atoms with Gasteiger partial charge in [-0.2, -0.15) is 0 Å². The average molecular weight is 278 g/mol. The second-order valence-electron chi connectivity index (χ2n) is 5.08. The van der Waals surface area contributed by atoms with E-state index in [1.165, 1.54) is 12.8 Å². The van der Waals surface area contributed by atoms with Crippen LogP contribution in [0.25, 0.3) is 0 Å². The highest BCUT2D eigenvalue weighted by molar-refractivity contribution is 5.63. The molecular formula is C14H22N4O2. The van der Waals surface area contributed by atoms with Crippen LogP contribution in [0, 0.1) is 10.1 Å². The van der Waals surface area contributed by atoms with E-state index in [0.29, 0.717) is 6.04 Å². The smallest absolute Gasteiger partial charge is 0.273 e. The molecule has 0 spiro atoms. The SMILES string of the molecule is CCN1CCCC1CNc1cc(NC)cc([N+](=O)[O-])c1. The van der Waals surface area contributed by atoms with Gasteiger partial charge in [-0.25, -0.2) is 0 Å². The number of likely N-dealkylation sites (N-methyl/N-ethyl adjacent to an activating group) is 1. The Morgan fingerprint density at radius 2 is 2.15 bits per heavy atom. The van der Waals surface area contributed by atoms with E-state index in [0.717, 1.165) is 31.0 Å². The van der Waals surface area contributed by atoms with Gasteiger partial charge >= 0.3 is 0 Å². The molecule has 1 fully saturated rings. The lowest BCUT2D eigenvalue weighted by Crippen LogP contribution is -2.34. The number of nitrogens with one attached hydrogen (secondary N) is 2. The van der Waals surface area contributed by atoms with E-state index in [9.17, 15) is 10.1 Å². The molecule has 6 nitrogen and oxygen atoms in total. The summed E-state index contributed by atoms with van der Waals surface area (Å²) in [6.07, 6.45) is 2.42. The number of benzene rings is 1. The topological polar surface area (TPSA) is 70.4 Å². The monoisotopic (exact) mass is 278 g/mol. The summed E-state index contributed by atoms with van der Waals surface area (Å²) in [7, 11) is 1.76. The molecule has 0 aliphatic carbocycles. The van der Waals surface area contributed by atoms with Crippen molar-refractivity contribution in [1.29, 1.82) is 0 Å². The lowest BCUT2D eigenvalue weighted by Gasteiger charge is -2.23. The largest absolute Gasteiger partial charge is 0.388 e. The third-order valence-electron chi connectivity index (χ3n) is 3.86. The van der Waals surface area contributed by atoms with Crippen LogP contribution < -0.4 is 10.6 Å². The molecule has 1 aliphatic rings. The molecule has 110 valence electrons. The van der Waals surface area contributed by atoms with E-state index in [-0.39, 0.29) is 10.6 Å². The number of nitro benzene ring substituents is 1. The Hall–Kier alpha value is -1.82. The maximum atomic E-state index is 10.9. The van der Waals surface area contributed by atoms with E-state index in [4.69, 9.17) is 0 Å². The van der Waals surface area contributed by atoms with Crippen molar-refractivity contribution in [2.45, 2.75) is 25.8 Å². The first-order chi connectivity index (χ1) is 9.63. The van der Waals surface area contributed by atoms with Crippen LogP contribution >= 0.6 is 0 Å². The quantitative estimate of drug-likeness (QED) is 0.618. The predicted octanol–water partition coefficient (Wildman–Crippen LogP) is 2.53. The molecule has 1 unspecified atom stereocenters. The maximum Gasteiger partial charge on any atom is 0.273 e. The van der Waals surface area contributed by atoms with Crippen molar-refractivity contribution < 1.29 is 4.92 Å². The van der Waals surface area contributed by atoms with Gasteiger partial charge < -0.3 is 10.6 Å². The molecule has 0 amide bonds. The molecule has 6 heteroatoms. The van der Waals surface area contributed by atoms with Crippen molar-refractivity contribution in [2.75, 3.05) is 37.3 Å². The normalized spacial score (nSPS) is 19.0. The highest BCUT2D eigenvalue weighted by atomic mass is 16.6. The Morgan fingerprint density at radius 3 is 2.80 bits per heavy atom. The van der Waals surface area contributed by atoms with Gasteiger partial charge in [0, 0.05) is 43.1 Å². The Labute approximate surface area is 119 Å². The molecular weight excluding hydrogens is 256 g/mol. The van der Waals surface area contributed by atoms with Gasteiger partial charge in [0.05, 0.1) is 4.92 Å². The van der Waals surface area contributed by atoms with Crippen molar-refractivity contribution in [3.8, 4) is 0 Å². The highest BCUT2D eigenvalue weighted by Gasteiger charge is 2.22. The molecule has 1 heterocycles. The number of nitrogens with zero attached hydrogens (tertiary/aromatic N) is 2. The Balaban J connectivity index is 2.05. The first-order valence-corrected chi connectivity index (χ1v) is 7.09. The van der Waals surface area contributed by atoms with Crippen LogP contribution in [-0.2, 0) is 0 Å². The highest BCUT2D eigenvalue weighted by Crippen LogP contribution is 2.25. The Bertz CT molecular complexity index is 478. The summed E-state index contributed by atoms with van der Waals surface area (Å²) in [6, 6.07) is 5.56. The van der Waals surface area contributed by atoms with Crippen LogP contribution in [0.2, 0.25) is 0 Å². The number of hydrogen-bond acceptors (Lipinski definition) is 5.